The molecular formula is C15H24N2O2. The van der Waals surface area contributed by atoms with E-state index < -0.39 is 0 Å². The maximum Gasteiger partial charge on any atom is 0.220 e. The maximum absolute atomic E-state index is 12.0. The summed E-state index contributed by atoms with van der Waals surface area (Å²) in [7, 11) is 0. The van der Waals surface area contributed by atoms with Gasteiger partial charge in [-0.25, -0.2) is 0 Å². The molecule has 1 aliphatic carbocycles. The molecule has 4 nitrogen and oxygen atoms in total. The maximum atomic E-state index is 12.0. The van der Waals surface area contributed by atoms with Crippen LogP contribution in [-0.4, -0.2) is 17.1 Å². The molecular weight excluding hydrogens is 240 g/mol. The van der Waals surface area contributed by atoms with Crippen LogP contribution in [0.25, 0.3) is 0 Å². The molecule has 1 aromatic rings. The number of carbonyl (C=O) groups excluding carboxylic acids is 1. The first-order chi connectivity index (χ1) is 9.06. The standard InChI is InChI=1S/C15H24N2O2/c1-10-5-4-6-13(9-10)16-15(18)8-7-14-11(2)17-19-12(14)3/h10,13H,4-9H2,1-3H3,(H,16,18). The van der Waals surface area contributed by atoms with E-state index in [1.165, 1.54) is 12.8 Å². The van der Waals surface area contributed by atoms with Crippen molar-refractivity contribution in [2.45, 2.75) is 65.3 Å². The molecule has 0 saturated heterocycles. The highest BCUT2D eigenvalue weighted by Crippen LogP contribution is 2.23. The van der Waals surface area contributed by atoms with E-state index in [0.717, 1.165) is 42.2 Å². The number of rotatable bonds is 4. The third kappa shape index (κ3) is 3.82. The normalized spacial score (nSPS) is 23.3. The van der Waals surface area contributed by atoms with Gasteiger partial charge in [0.25, 0.3) is 0 Å². The molecule has 1 aromatic heterocycles. The number of carbonyl (C=O) groups is 1. The topological polar surface area (TPSA) is 55.1 Å². The van der Waals surface area contributed by atoms with Crippen LogP contribution in [0, 0.1) is 19.8 Å². The summed E-state index contributed by atoms with van der Waals surface area (Å²) in [6, 6.07) is 0.376. The summed E-state index contributed by atoms with van der Waals surface area (Å²) in [6.07, 6.45) is 6.02. The van der Waals surface area contributed by atoms with Crippen LogP contribution >= 0.6 is 0 Å². The number of hydrogen-bond acceptors (Lipinski definition) is 3. The molecule has 2 rings (SSSR count). The molecule has 0 aliphatic heterocycles. The SMILES string of the molecule is Cc1noc(C)c1CCC(=O)NC1CCCC(C)C1. The monoisotopic (exact) mass is 264 g/mol. The minimum atomic E-state index is 0.152. The molecule has 0 spiro atoms. The van der Waals surface area contributed by atoms with Crippen LogP contribution in [0.4, 0.5) is 0 Å². The third-order valence-corrected chi connectivity index (χ3v) is 4.08. The van der Waals surface area contributed by atoms with Crippen LogP contribution in [0.1, 0.15) is 56.0 Å². The van der Waals surface area contributed by atoms with E-state index in [2.05, 4.69) is 17.4 Å². The van der Waals surface area contributed by atoms with E-state index in [1.54, 1.807) is 0 Å². The Morgan fingerprint density at radius 3 is 2.84 bits per heavy atom. The molecule has 1 heterocycles. The Bertz CT molecular complexity index is 420. The molecule has 1 fully saturated rings. The van der Waals surface area contributed by atoms with Gasteiger partial charge < -0.3 is 9.84 Å². The minimum Gasteiger partial charge on any atom is -0.361 e. The summed E-state index contributed by atoms with van der Waals surface area (Å²) in [5.41, 5.74) is 1.98. The molecule has 0 radical (unpaired) electrons. The lowest BCUT2D eigenvalue weighted by atomic mass is 9.87. The van der Waals surface area contributed by atoms with Gasteiger partial charge in [0.15, 0.2) is 0 Å². The first-order valence-corrected chi connectivity index (χ1v) is 7.27. The number of nitrogens with zero attached hydrogens (tertiary/aromatic N) is 1. The van der Waals surface area contributed by atoms with E-state index in [1.807, 2.05) is 13.8 Å². The summed E-state index contributed by atoms with van der Waals surface area (Å²) >= 11 is 0. The second-order valence-electron chi connectivity index (χ2n) is 5.84. The van der Waals surface area contributed by atoms with Crippen molar-refractivity contribution in [3.8, 4) is 0 Å². The predicted molar refractivity (Wildman–Crippen MR) is 73.9 cm³/mol. The molecule has 2 atom stereocenters. The largest absolute Gasteiger partial charge is 0.361 e. The van der Waals surface area contributed by atoms with E-state index in [-0.39, 0.29) is 5.91 Å². The number of aryl methyl sites for hydroxylation is 2. The van der Waals surface area contributed by atoms with Gasteiger partial charge in [-0.1, -0.05) is 24.9 Å². The van der Waals surface area contributed by atoms with Gasteiger partial charge in [-0.05, 0) is 39.0 Å². The van der Waals surface area contributed by atoms with Crippen molar-refractivity contribution in [2.24, 2.45) is 5.92 Å². The predicted octanol–water partition coefficient (Wildman–Crippen LogP) is 2.92. The fourth-order valence-corrected chi connectivity index (χ4v) is 2.96. The van der Waals surface area contributed by atoms with Crippen molar-refractivity contribution >= 4 is 5.91 Å². The zero-order valence-electron chi connectivity index (χ0n) is 12.2. The highest BCUT2D eigenvalue weighted by Gasteiger charge is 2.20. The van der Waals surface area contributed by atoms with Crippen LogP contribution in [0.15, 0.2) is 4.52 Å². The van der Waals surface area contributed by atoms with Gasteiger partial charge in [0.2, 0.25) is 5.91 Å². The average molecular weight is 264 g/mol. The first kappa shape index (κ1) is 14.1. The van der Waals surface area contributed by atoms with Gasteiger partial charge in [0.1, 0.15) is 5.76 Å². The summed E-state index contributed by atoms with van der Waals surface area (Å²) < 4.78 is 5.11. The minimum absolute atomic E-state index is 0.152. The highest BCUT2D eigenvalue weighted by molar-refractivity contribution is 5.76. The van der Waals surface area contributed by atoms with Gasteiger partial charge in [-0.2, -0.15) is 0 Å². The van der Waals surface area contributed by atoms with Gasteiger partial charge >= 0.3 is 0 Å². The molecule has 1 N–H and O–H groups in total. The van der Waals surface area contributed by atoms with Crippen molar-refractivity contribution in [3.05, 3.63) is 17.0 Å². The first-order valence-electron chi connectivity index (χ1n) is 7.27. The fraction of sp³-hybridized carbons (Fsp3) is 0.733. The van der Waals surface area contributed by atoms with E-state index in [4.69, 9.17) is 4.52 Å². The van der Waals surface area contributed by atoms with Gasteiger partial charge in [-0.3, -0.25) is 4.79 Å². The molecule has 1 aliphatic rings. The summed E-state index contributed by atoms with van der Waals surface area (Å²) in [5.74, 6) is 1.72. The second-order valence-corrected chi connectivity index (χ2v) is 5.84. The third-order valence-electron chi connectivity index (χ3n) is 4.08. The van der Waals surface area contributed by atoms with Crippen LogP contribution < -0.4 is 5.32 Å². The second kappa shape index (κ2) is 6.22. The quantitative estimate of drug-likeness (QED) is 0.909. The lowest BCUT2D eigenvalue weighted by Gasteiger charge is -2.27. The van der Waals surface area contributed by atoms with Crippen molar-refractivity contribution in [1.82, 2.24) is 10.5 Å². The van der Waals surface area contributed by atoms with E-state index >= 15 is 0 Å². The van der Waals surface area contributed by atoms with Crippen molar-refractivity contribution in [2.75, 3.05) is 0 Å². The summed E-state index contributed by atoms with van der Waals surface area (Å²) in [6.45, 7) is 6.09. The zero-order valence-corrected chi connectivity index (χ0v) is 12.2. The zero-order chi connectivity index (χ0) is 13.8. The smallest absolute Gasteiger partial charge is 0.220 e. The molecule has 106 valence electrons. The van der Waals surface area contributed by atoms with Gasteiger partial charge in [0.05, 0.1) is 5.69 Å². The number of amides is 1. The van der Waals surface area contributed by atoms with Gasteiger partial charge in [0, 0.05) is 18.0 Å². The fourth-order valence-electron chi connectivity index (χ4n) is 2.96. The Morgan fingerprint density at radius 1 is 1.42 bits per heavy atom. The molecule has 1 saturated carbocycles. The molecule has 4 heteroatoms. The number of aromatic nitrogens is 1. The Kier molecular flexibility index (Phi) is 4.61. The van der Waals surface area contributed by atoms with Crippen molar-refractivity contribution in [1.29, 1.82) is 0 Å². The molecule has 19 heavy (non-hydrogen) atoms. The molecule has 2 unspecified atom stereocenters. The van der Waals surface area contributed by atoms with Crippen LogP contribution in [0.2, 0.25) is 0 Å². The Balaban J connectivity index is 1.78. The van der Waals surface area contributed by atoms with Crippen molar-refractivity contribution < 1.29 is 9.32 Å². The van der Waals surface area contributed by atoms with Crippen LogP contribution in [0.5, 0.6) is 0 Å². The Morgan fingerprint density at radius 2 is 2.21 bits per heavy atom. The molecule has 0 bridgehead atoms. The Hall–Kier alpha value is -1.32. The van der Waals surface area contributed by atoms with Crippen LogP contribution in [0.3, 0.4) is 0 Å². The van der Waals surface area contributed by atoms with E-state index in [9.17, 15) is 4.79 Å². The van der Waals surface area contributed by atoms with Crippen LogP contribution in [-0.2, 0) is 11.2 Å². The lowest BCUT2D eigenvalue weighted by Crippen LogP contribution is -2.38. The molecule has 1 amide bonds. The van der Waals surface area contributed by atoms with Crippen molar-refractivity contribution in [3.63, 3.8) is 0 Å². The summed E-state index contributed by atoms with van der Waals surface area (Å²) in [4.78, 5) is 12.0. The lowest BCUT2D eigenvalue weighted by molar-refractivity contribution is -0.122. The van der Waals surface area contributed by atoms with E-state index in [0.29, 0.717) is 12.5 Å². The molecule has 0 aromatic carbocycles. The number of nitrogens with one attached hydrogen (secondary N) is 1. The van der Waals surface area contributed by atoms with Gasteiger partial charge in [-0.15, -0.1) is 0 Å². The Labute approximate surface area is 114 Å². The number of hydrogen-bond donors (Lipinski definition) is 1. The highest BCUT2D eigenvalue weighted by atomic mass is 16.5. The average Bonchev–Trinajstić information content (AvgIpc) is 2.67. The summed E-state index contributed by atoms with van der Waals surface area (Å²) in [5, 5.41) is 7.07.